The summed E-state index contributed by atoms with van der Waals surface area (Å²) in [6, 6.07) is 0.201. The zero-order valence-corrected chi connectivity index (χ0v) is 9.00. The lowest BCUT2D eigenvalue weighted by atomic mass is 9.86. The predicted octanol–water partition coefficient (Wildman–Crippen LogP) is 1.85. The second kappa shape index (κ2) is 6.02. The second-order valence-electron chi connectivity index (χ2n) is 4.14. The van der Waals surface area contributed by atoms with Crippen molar-refractivity contribution in [1.82, 2.24) is 0 Å². The molecule has 2 atom stereocenters. The van der Waals surface area contributed by atoms with E-state index in [2.05, 4.69) is 6.92 Å². The maximum Gasteiger partial charge on any atom is 0.308 e. The molecule has 2 N–H and O–H groups in total. The summed E-state index contributed by atoms with van der Waals surface area (Å²) in [5.41, 5.74) is 5.81. The molecule has 1 aliphatic rings. The fourth-order valence-electron chi connectivity index (χ4n) is 1.88. The molecule has 3 heteroatoms. The first-order valence-electron chi connectivity index (χ1n) is 5.66. The van der Waals surface area contributed by atoms with Gasteiger partial charge >= 0.3 is 5.97 Å². The van der Waals surface area contributed by atoms with Crippen LogP contribution < -0.4 is 5.73 Å². The van der Waals surface area contributed by atoms with Crippen LogP contribution in [0.15, 0.2) is 0 Å². The lowest BCUT2D eigenvalue weighted by molar-refractivity contribution is -0.149. The molecule has 1 rings (SSSR count). The predicted molar refractivity (Wildman–Crippen MR) is 55.8 cm³/mol. The Kier molecular flexibility index (Phi) is 4.94. The monoisotopic (exact) mass is 199 g/mol. The standard InChI is InChI=1S/C11H21NO2/c1-2-3-7-14-11(13)9-5-4-6-10(12)8-9/h9-10H,2-8,12H2,1H3. The van der Waals surface area contributed by atoms with Gasteiger partial charge in [0.15, 0.2) is 0 Å². The van der Waals surface area contributed by atoms with Gasteiger partial charge in [-0.1, -0.05) is 19.8 Å². The van der Waals surface area contributed by atoms with E-state index in [1.54, 1.807) is 0 Å². The van der Waals surface area contributed by atoms with Gasteiger partial charge in [0.25, 0.3) is 0 Å². The zero-order chi connectivity index (χ0) is 10.4. The molecular formula is C11H21NO2. The summed E-state index contributed by atoms with van der Waals surface area (Å²) >= 11 is 0. The summed E-state index contributed by atoms with van der Waals surface area (Å²) in [4.78, 5) is 11.5. The van der Waals surface area contributed by atoms with Crippen molar-refractivity contribution in [3.63, 3.8) is 0 Å². The largest absolute Gasteiger partial charge is 0.465 e. The van der Waals surface area contributed by atoms with Crippen molar-refractivity contribution in [1.29, 1.82) is 0 Å². The van der Waals surface area contributed by atoms with Gasteiger partial charge in [-0.05, 0) is 25.7 Å². The molecule has 1 aliphatic carbocycles. The van der Waals surface area contributed by atoms with Crippen LogP contribution in [0, 0.1) is 5.92 Å². The number of rotatable bonds is 4. The highest BCUT2D eigenvalue weighted by molar-refractivity contribution is 5.72. The number of hydrogen-bond acceptors (Lipinski definition) is 3. The molecule has 0 aromatic rings. The molecule has 82 valence electrons. The summed E-state index contributed by atoms with van der Waals surface area (Å²) in [7, 11) is 0. The molecule has 0 amide bonds. The van der Waals surface area contributed by atoms with E-state index in [0.717, 1.165) is 38.5 Å². The van der Waals surface area contributed by atoms with Gasteiger partial charge in [0, 0.05) is 6.04 Å². The van der Waals surface area contributed by atoms with E-state index in [-0.39, 0.29) is 17.9 Å². The van der Waals surface area contributed by atoms with E-state index >= 15 is 0 Å². The van der Waals surface area contributed by atoms with Gasteiger partial charge < -0.3 is 10.5 Å². The third-order valence-electron chi connectivity index (χ3n) is 2.79. The lowest BCUT2D eigenvalue weighted by Gasteiger charge is -2.24. The SMILES string of the molecule is CCCCOC(=O)C1CCCC(N)C1. The molecule has 1 fully saturated rings. The first-order chi connectivity index (χ1) is 6.74. The van der Waals surface area contributed by atoms with Crippen LogP contribution in [0.2, 0.25) is 0 Å². The third kappa shape index (κ3) is 3.66. The van der Waals surface area contributed by atoms with Crippen LogP contribution in [-0.4, -0.2) is 18.6 Å². The topological polar surface area (TPSA) is 52.3 Å². The van der Waals surface area contributed by atoms with Gasteiger partial charge in [0.1, 0.15) is 0 Å². The van der Waals surface area contributed by atoms with Crippen molar-refractivity contribution in [2.75, 3.05) is 6.61 Å². The summed E-state index contributed by atoms with van der Waals surface area (Å²) < 4.78 is 5.18. The molecule has 0 spiro atoms. The van der Waals surface area contributed by atoms with Crippen LogP contribution >= 0.6 is 0 Å². The zero-order valence-electron chi connectivity index (χ0n) is 9.00. The lowest BCUT2D eigenvalue weighted by Crippen LogP contribution is -2.32. The van der Waals surface area contributed by atoms with E-state index in [4.69, 9.17) is 10.5 Å². The normalized spacial score (nSPS) is 27.3. The molecule has 0 radical (unpaired) electrons. The Morgan fingerprint density at radius 1 is 1.50 bits per heavy atom. The Balaban J connectivity index is 2.22. The number of nitrogens with two attached hydrogens (primary N) is 1. The summed E-state index contributed by atoms with van der Waals surface area (Å²) in [5.74, 6) is 0.0317. The van der Waals surface area contributed by atoms with E-state index in [0.29, 0.717) is 6.61 Å². The Hall–Kier alpha value is -0.570. The molecule has 0 aromatic heterocycles. The highest BCUT2D eigenvalue weighted by Crippen LogP contribution is 2.24. The molecule has 0 aromatic carbocycles. The van der Waals surface area contributed by atoms with Gasteiger partial charge in [0.05, 0.1) is 12.5 Å². The minimum atomic E-state index is -0.0337. The smallest absolute Gasteiger partial charge is 0.308 e. The number of carbonyl (C=O) groups excluding carboxylic acids is 1. The fraction of sp³-hybridized carbons (Fsp3) is 0.909. The summed E-state index contributed by atoms with van der Waals surface area (Å²) in [6.45, 7) is 2.66. The first-order valence-corrected chi connectivity index (χ1v) is 5.66. The van der Waals surface area contributed by atoms with Crippen LogP contribution in [-0.2, 0) is 9.53 Å². The van der Waals surface area contributed by atoms with Crippen molar-refractivity contribution in [3.05, 3.63) is 0 Å². The van der Waals surface area contributed by atoms with Gasteiger partial charge in [-0.25, -0.2) is 0 Å². The fourth-order valence-corrected chi connectivity index (χ4v) is 1.88. The first kappa shape index (κ1) is 11.5. The van der Waals surface area contributed by atoms with Gasteiger partial charge in [-0.3, -0.25) is 4.79 Å². The molecular weight excluding hydrogens is 178 g/mol. The number of unbranched alkanes of at least 4 members (excludes halogenated alkanes) is 1. The molecule has 2 unspecified atom stereocenters. The number of hydrogen-bond donors (Lipinski definition) is 1. The summed E-state index contributed by atoms with van der Waals surface area (Å²) in [6.07, 6.45) is 5.92. The van der Waals surface area contributed by atoms with Crippen LogP contribution in [0.3, 0.4) is 0 Å². The van der Waals surface area contributed by atoms with E-state index < -0.39 is 0 Å². The Morgan fingerprint density at radius 3 is 2.93 bits per heavy atom. The molecule has 0 saturated heterocycles. The Bertz CT molecular complexity index is 182. The van der Waals surface area contributed by atoms with Crippen molar-refractivity contribution in [2.45, 2.75) is 51.5 Å². The summed E-state index contributed by atoms with van der Waals surface area (Å²) in [5, 5.41) is 0. The second-order valence-corrected chi connectivity index (χ2v) is 4.14. The van der Waals surface area contributed by atoms with E-state index in [1.165, 1.54) is 0 Å². The van der Waals surface area contributed by atoms with Crippen molar-refractivity contribution in [3.8, 4) is 0 Å². The van der Waals surface area contributed by atoms with Gasteiger partial charge in [-0.2, -0.15) is 0 Å². The number of carbonyl (C=O) groups is 1. The van der Waals surface area contributed by atoms with Gasteiger partial charge in [0.2, 0.25) is 0 Å². The van der Waals surface area contributed by atoms with Gasteiger partial charge in [-0.15, -0.1) is 0 Å². The molecule has 0 aliphatic heterocycles. The highest BCUT2D eigenvalue weighted by Gasteiger charge is 2.26. The molecule has 0 heterocycles. The highest BCUT2D eigenvalue weighted by atomic mass is 16.5. The van der Waals surface area contributed by atoms with Crippen LogP contribution in [0.4, 0.5) is 0 Å². The maximum atomic E-state index is 11.5. The number of esters is 1. The molecule has 0 bridgehead atoms. The molecule has 3 nitrogen and oxygen atoms in total. The van der Waals surface area contributed by atoms with Crippen molar-refractivity contribution < 1.29 is 9.53 Å². The quantitative estimate of drug-likeness (QED) is 0.555. The molecule has 14 heavy (non-hydrogen) atoms. The van der Waals surface area contributed by atoms with Crippen molar-refractivity contribution >= 4 is 5.97 Å². The van der Waals surface area contributed by atoms with Crippen LogP contribution in [0.25, 0.3) is 0 Å². The minimum absolute atomic E-state index is 0.0337. The molecule has 1 saturated carbocycles. The Labute approximate surface area is 86.0 Å². The number of ether oxygens (including phenoxy) is 1. The van der Waals surface area contributed by atoms with Crippen LogP contribution in [0.5, 0.6) is 0 Å². The third-order valence-corrected chi connectivity index (χ3v) is 2.79. The van der Waals surface area contributed by atoms with E-state index in [9.17, 15) is 4.79 Å². The van der Waals surface area contributed by atoms with Crippen molar-refractivity contribution in [2.24, 2.45) is 11.7 Å². The maximum absolute atomic E-state index is 11.5. The average Bonchev–Trinajstić information content (AvgIpc) is 2.18. The Morgan fingerprint density at radius 2 is 2.29 bits per heavy atom. The van der Waals surface area contributed by atoms with E-state index in [1.807, 2.05) is 0 Å². The average molecular weight is 199 g/mol. The minimum Gasteiger partial charge on any atom is -0.465 e. The van der Waals surface area contributed by atoms with Crippen LogP contribution in [0.1, 0.15) is 45.4 Å².